The molecule has 7 nitrogen and oxygen atoms in total. The predicted octanol–water partition coefficient (Wildman–Crippen LogP) is 2.79. The van der Waals surface area contributed by atoms with E-state index in [0.29, 0.717) is 36.0 Å². The van der Waals surface area contributed by atoms with Crippen molar-refractivity contribution < 1.29 is 13.6 Å². The van der Waals surface area contributed by atoms with Gasteiger partial charge in [0.25, 0.3) is 0 Å². The van der Waals surface area contributed by atoms with E-state index in [2.05, 4.69) is 15.3 Å². The number of para-hydroxylation sites is 2. The highest BCUT2D eigenvalue weighted by atomic mass is 19.1. The molecule has 29 heavy (non-hydrogen) atoms. The number of rotatable bonds is 6. The van der Waals surface area contributed by atoms with E-state index in [9.17, 15) is 14.0 Å². The lowest BCUT2D eigenvalue weighted by Gasteiger charge is -2.05. The number of benzene rings is 2. The number of halogens is 1. The molecule has 1 amide bonds. The van der Waals surface area contributed by atoms with Crippen LogP contribution in [0.1, 0.15) is 11.5 Å². The summed E-state index contributed by atoms with van der Waals surface area (Å²) in [6.07, 6.45) is 0.0549. The lowest BCUT2D eigenvalue weighted by Crippen LogP contribution is -2.31. The van der Waals surface area contributed by atoms with Crippen molar-refractivity contribution in [3.63, 3.8) is 0 Å². The fourth-order valence-corrected chi connectivity index (χ4v) is 3.16. The van der Waals surface area contributed by atoms with E-state index in [0.717, 1.165) is 11.0 Å². The molecule has 0 aliphatic carbocycles. The van der Waals surface area contributed by atoms with Crippen LogP contribution in [0.5, 0.6) is 0 Å². The number of aromatic amines is 1. The molecule has 0 bridgehead atoms. The standard InChI is InChI=1S/C21H19FN4O3/c1-13-17(24-20(29-13)14-6-8-15(22)9-7-14)12-19(27)23-10-11-26-18-5-3-2-4-16(18)25-21(26)28/h2-9H,10-12H2,1H3,(H,23,27)(H,25,28). The number of imidazole rings is 1. The Kier molecular flexibility index (Phi) is 4.99. The van der Waals surface area contributed by atoms with Gasteiger partial charge in [0, 0.05) is 18.7 Å². The van der Waals surface area contributed by atoms with Gasteiger partial charge in [0.05, 0.1) is 23.1 Å². The van der Waals surface area contributed by atoms with Gasteiger partial charge in [0.1, 0.15) is 11.6 Å². The zero-order chi connectivity index (χ0) is 20.4. The van der Waals surface area contributed by atoms with Crippen LogP contribution in [0.4, 0.5) is 4.39 Å². The smallest absolute Gasteiger partial charge is 0.326 e. The first kappa shape index (κ1) is 18.7. The molecule has 0 spiro atoms. The Labute approximate surface area is 165 Å². The van der Waals surface area contributed by atoms with Gasteiger partial charge in [-0.1, -0.05) is 12.1 Å². The number of carbonyl (C=O) groups excluding carboxylic acids is 1. The second-order valence-electron chi connectivity index (χ2n) is 6.65. The van der Waals surface area contributed by atoms with Crippen molar-refractivity contribution in [1.82, 2.24) is 19.9 Å². The van der Waals surface area contributed by atoms with Crippen LogP contribution in [0.2, 0.25) is 0 Å². The van der Waals surface area contributed by atoms with E-state index in [1.807, 2.05) is 24.3 Å². The zero-order valence-electron chi connectivity index (χ0n) is 15.7. The molecule has 0 radical (unpaired) electrons. The summed E-state index contributed by atoms with van der Waals surface area (Å²) in [7, 11) is 0. The topological polar surface area (TPSA) is 92.9 Å². The largest absolute Gasteiger partial charge is 0.441 e. The molecule has 0 saturated carbocycles. The molecule has 0 fully saturated rings. The molecule has 0 aliphatic rings. The molecule has 0 unspecified atom stereocenters. The van der Waals surface area contributed by atoms with E-state index in [1.165, 1.54) is 12.1 Å². The molecule has 4 aromatic rings. The number of fused-ring (bicyclic) bond motifs is 1. The van der Waals surface area contributed by atoms with E-state index in [4.69, 9.17) is 4.42 Å². The normalized spacial score (nSPS) is 11.1. The quantitative estimate of drug-likeness (QED) is 0.526. The average Bonchev–Trinajstić information content (AvgIpc) is 3.22. The van der Waals surface area contributed by atoms with Gasteiger partial charge in [-0.15, -0.1) is 0 Å². The first-order valence-corrected chi connectivity index (χ1v) is 9.18. The fraction of sp³-hybridized carbons (Fsp3) is 0.190. The molecule has 0 atom stereocenters. The Hall–Kier alpha value is -3.68. The monoisotopic (exact) mass is 394 g/mol. The Morgan fingerprint density at radius 2 is 1.97 bits per heavy atom. The first-order valence-electron chi connectivity index (χ1n) is 9.18. The zero-order valence-corrected chi connectivity index (χ0v) is 15.7. The lowest BCUT2D eigenvalue weighted by atomic mass is 10.2. The number of nitrogens with one attached hydrogen (secondary N) is 2. The Morgan fingerprint density at radius 1 is 1.21 bits per heavy atom. The van der Waals surface area contributed by atoms with E-state index in [-0.39, 0.29) is 23.8 Å². The number of aryl methyl sites for hydroxylation is 1. The number of hydrogen-bond acceptors (Lipinski definition) is 4. The van der Waals surface area contributed by atoms with Gasteiger partial charge in [-0.3, -0.25) is 9.36 Å². The van der Waals surface area contributed by atoms with Crippen molar-refractivity contribution >= 4 is 16.9 Å². The molecular formula is C21H19FN4O3. The first-order chi connectivity index (χ1) is 14.0. The van der Waals surface area contributed by atoms with Gasteiger partial charge < -0.3 is 14.7 Å². The van der Waals surface area contributed by atoms with Gasteiger partial charge in [0.15, 0.2) is 0 Å². The van der Waals surface area contributed by atoms with Crippen molar-refractivity contribution in [2.24, 2.45) is 0 Å². The van der Waals surface area contributed by atoms with Crippen LogP contribution in [0.15, 0.2) is 57.7 Å². The maximum Gasteiger partial charge on any atom is 0.326 e. The minimum absolute atomic E-state index is 0.0549. The summed E-state index contributed by atoms with van der Waals surface area (Å²) < 4.78 is 20.3. The van der Waals surface area contributed by atoms with Crippen molar-refractivity contribution in [1.29, 1.82) is 0 Å². The summed E-state index contributed by atoms with van der Waals surface area (Å²) in [5.41, 5.74) is 2.50. The van der Waals surface area contributed by atoms with Gasteiger partial charge in [-0.05, 0) is 43.3 Å². The predicted molar refractivity (Wildman–Crippen MR) is 106 cm³/mol. The molecule has 8 heteroatoms. The Morgan fingerprint density at radius 3 is 2.76 bits per heavy atom. The van der Waals surface area contributed by atoms with E-state index in [1.54, 1.807) is 23.6 Å². The molecule has 0 saturated heterocycles. The SMILES string of the molecule is Cc1oc(-c2ccc(F)cc2)nc1CC(=O)NCCn1c(=O)[nH]c2ccccc21. The second kappa shape index (κ2) is 7.75. The number of H-pyrrole nitrogens is 1. The van der Waals surface area contributed by atoms with Crippen LogP contribution in [-0.4, -0.2) is 27.0 Å². The number of aromatic nitrogens is 3. The molecule has 0 aliphatic heterocycles. The molecule has 2 N–H and O–H groups in total. The molecular weight excluding hydrogens is 375 g/mol. The van der Waals surface area contributed by atoms with Crippen LogP contribution >= 0.6 is 0 Å². The van der Waals surface area contributed by atoms with E-state index < -0.39 is 0 Å². The highest BCUT2D eigenvalue weighted by molar-refractivity contribution is 5.78. The molecule has 2 aromatic carbocycles. The third kappa shape index (κ3) is 3.96. The van der Waals surface area contributed by atoms with Crippen LogP contribution in [0.3, 0.4) is 0 Å². The molecule has 148 valence electrons. The van der Waals surface area contributed by atoms with Crippen molar-refractivity contribution in [2.75, 3.05) is 6.54 Å². The summed E-state index contributed by atoms with van der Waals surface area (Å²) >= 11 is 0. The number of amides is 1. The van der Waals surface area contributed by atoms with Crippen molar-refractivity contribution in [2.45, 2.75) is 19.9 Å². The van der Waals surface area contributed by atoms with Crippen molar-refractivity contribution in [3.05, 3.63) is 76.3 Å². The van der Waals surface area contributed by atoms with Gasteiger partial charge in [-0.25, -0.2) is 14.2 Å². The van der Waals surface area contributed by atoms with Crippen LogP contribution < -0.4 is 11.0 Å². The Bertz CT molecular complexity index is 1220. The van der Waals surface area contributed by atoms with Crippen LogP contribution in [0.25, 0.3) is 22.5 Å². The van der Waals surface area contributed by atoms with Crippen LogP contribution in [0, 0.1) is 12.7 Å². The van der Waals surface area contributed by atoms with E-state index >= 15 is 0 Å². The third-order valence-corrected chi connectivity index (χ3v) is 4.65. The summed E-state index contributed by atoms with van der Waals surface area (Å²) in [5, 5.41) is 2.80. The number of carbonyl (C=O) groups is 1. The summed E-state index contributed by atoms with van der Waals surface area (Å²) in [5.74, 6) is 0.314. The number of nitrogens with zero attached hydrogens (tertiary/aromatic N) is 2. The number of hydrogen-bond donors (Lipinski definition) is 2. The lowest BCUT2D eigenvalue weighted by molar-refractivity contribution is -0.120. The fourth-order valence-electron chi connectivity index (χ4n) is 3.16. The van der Waals surface area contributed by atoms with Crippen LogP contribution in [-0.2, 0) is 17.8 Å². The highest BCUT2D eigenvalue weighted by Gasteiger charge is 2.15. The van der Waals surface area contributed by atoms with Gasteiger partial charge in [0.2, 0.25) is 11.8 Å². The third-order valence-electron chi connectivity index (χ3n) is 4.65. The highest BCUT2D eigenvalue weighted by Crippen LogP contribution is 2.22. The van der Waals surface area contributed by atoms with Gasteiger partial charge >= 0.3 is 5.69 Å². The minimum Gasteiger partial charge on any atom is -0.441 e. The summed E-state index contributed by atoms with van der Waals surface area (Å²) in [4.78, 5) is 31.5. The summed E-state index contributed by atoms with van der Waals surface area (Å²) in [6, 6.07) is 13.2. The Balaban J connectivity index is 1.38. The maximum absolute atomic E-state index is 13.1. The molecule has 4 rings (SSSR count). The number of oxazole rings is 1. The summed E-state index contributed by atoms with van der Waals surface area (Å²) in [6.45, 7) is 2.39. The van der Waals surface area contributed by atoms with Gasteiger partial charge in [-0.2, -0.15) is 0 Å². The maximum atomic E-state index is 13.1. The minimum atomic E-state index is -0.342. The molecule has 2 heterocycles. The average molecular weight is 394 g/mol. The second-order valence-corrected chi connectivity index (χ2v) is 6.65. The van der Waals surface area contributed by atoms with Crippen molar-refractivity contribution in [3.8, 4) is 11.5 Å². The molecule has 2 aromatic heterocycles.